The molecule has 1 saturated heterocycles. The molecule has 1 aromatic carbocycles. The fraction of sp³-hybridized carbons (Fsp3) is 0.400. The third-order valence-electron chi connectivity index (χ3n) is 2.69. The molecule has 1 atom stereocenters. The van der Waals surface area contributed by atoms with Crippen molar-refractivity contribution in [3.05, 3.63) is 18.2 Å². The van der Waals surface area contributed by atoms with Gasteiger partial charge in [0.05, 0.1) is 13.8 Å². The molecule has 1 aromatic rings. The smallest absolute Gasteiger partial charge is 0.521 e. The van der Waals surface area contributed by atoms with Gasteiger partial charge in [-0.05, 0) is 12.1 Å². The van der Waals surface area contributed by atoms with Crippen molar-refractivity contribution in [2.45, 2.75) is 6.00 Å². The Kier molecular flexibility index (Phi) is 2.38. The molecule has 16 heavy (non-hydrogen) atoms. The highest BCUT2D eigenvalue weighted by Gasteiger charge is 2.43. The van der Waals surface area contributed by atoms with E-state index in [0.717, 1.165) is 6.54 Å². The van der Waals surface area contributed by atoms with Crippen LogP contribution in [-0.4, -0.2) is 33.5 Å². The van der Waals surface area contributed by atoms with Crippen LogP contribution >= 0.6 is 0 Å². The van der Waals surface area contributed by atoms with Gasteiger partial charge < -0.3 is 18.8 Å². The quantitative estimate of drug-likeness (QED) is 0.734. The zero-order valence-electron chi connectivity index (χ0n) is 8.93. The summed E-state index contributed by atoms with van der Waals surface area (Å²) in [5.41, 5.74) is 0. The topological polar surface area (TPSA) is 49.0 Å². The van der Waals surface area contributed by atoms with E-state index in [9.17, 15) is 0 Å². The first-order valence-corrected chi connectivity index (χ1v) is 5.21. The highest BCUT2D eigenvalue weighted by Crippen LogP contribution is 2.42. The molecule has 6 heteroatoms. The summed E-state index contributed by atoms with van der Waals surface area (Å²) < 4.78 is 22.0. The third kappa shape index (κ3) is 1.50. The second kappa shape index (κ2) is 3.88. The highest BCUT2D eigenvalue weighted by molar-refractivity contribution is 6.49. The third-order valence-corrected chi connectivity index (χ3v) is 2.69. The Morgan fingerprint density at radius 3 is 3.12 bits per heavy atom. The minimum Gasteiger partial charge on any atom is -0.521 e. The Morgan fingerprint density at radius 2 is 2.38 bits per heavy atom. The van der Waals surface area contributed by atoms with Crippen molar-refractivity contribution in [2.75, 3.05) is 20.4 Å². The molecule has 5 nitrogen and oxygen atoms in total. The number of para-hydroxylation sites is 1. The second-order valence-corrected chi connectivity index (χ2v) is 3.70. The van der Waals surface area contributed by atoms with Crippen LogP contribution in [0, 0.1) is 0 Å². The number of ether oxygens (including phenoxy) is 2. The van der Waals surface area contributed by atoms with E-state index in [0.29, 0.717) is 24.0 Å². The van der Waals surface area contributed by atoms with E-state index in [1.165, 1.54) is 0 Å². The summed E-state index contributed by atoms with van der Waals surface area (Å²) in [5, 5.41) is 3.09. The van der Waals surface area contributed by atoms with E-state index in [4.69, 9.17) is 18.8 Å². The van der Waals surface area contributed by atoms with Crippen LogP contribution in [0.4, 0.5) is 0 Å². The average molecular weight is 221 g/mol. The molecule has 1 unspecified atom stereocenters. The molecule has 0 radical (unpaired) electrons. The molecule has 0 saturated carbocycles. The van der Waals surface area contributed by atoms with E-state index in [1.54, 1.807) is 7.11 Å². The molecular formula is C10H12BNO4. The van der Waals surface area contributed by atoms with Crippen LogP contribution in [0.1, 0.15) is 0 Å². The van der Waals surface area contributed by atoms with E-state index < -0.39 is 0 Å². The summed E-state index contributed by atoms with van der Waals surface area (Å²) in [6.07, 6.45) is 0. The maximum atomic E-state index is 5.70. The van der Waals surface area contributed by atoms with Crippen molar-refractivity contribution in [2.24, 2.45) is 0 Å². The zero-order chi connectivity index (χ0) is 11.0. The van der Waals surface area contributed by atoms with Crippen molar-refractivity contribution < 1.29 is 18.8 Å². The van der Waals surface area contributed by atoms with Crippen LogP contribution in [0.5, 0.6) is 17.2 Å². The van der Waals surface area contributed by atoms with E-state index in [2.05, 4.69) is 5.32 Å². The summed E-state index contributed by atoms with van der Waals surface area (Å²) in [5.74, 6) is 2.05. The van der Waals surface area contributed by atoms with Crippen LogP contribution in [0.3, 0.4) is 0 Å². The van der Waals surface area contributed by atoms with Gasteiger partial charge in [0.25, 0.3) is 0 Å². The first-order chi connectivity index (χ1) is 7.88. The molecule has 0 bridgehead atoms. The molecule has 0 spiro atoms. The van der Waals surface area contributed by atoms with Crippen molar-refractivity contribution >= 4 is 7.12 Å². The van der Waals surface area contributed by atoms with Gasteiger partial charge >= 0.3 is 7.12 Å². The fourth-order valence-corrected chi connectivity index (χ4v) is 1.88. The molecule has 1 fully saturated rings. The van der Waals surface area contributed by atoms with Crippen LogP contribution < -0.4 is 19.4 Å². The number of benzene rings is 1. The zero-order valence-corrected chi connectivity index (χ0v) is 8.93. The van der Waals surface area contributed by atoms with Gasteiger partial charge in [0.1, 0.15) is 11.8 Å². The number of hydrogen-bond acceptors (Lipinski definition) is 5. The van der Waals surface area contributed by atoms with Crippen molar-refractivity contribution in [3.63, 3.8) is 0 Å². The lowest BCUT2D eigenvalue weighted by Crippen LogP contribution is -2.41. The van der Waals surface area contributed by atoms with Crippen LogP contribution in [0.15, 0.2) is 18.2 Å². The molecule has 2 aliphatic rings. The van der Waals surface area contributed by atoms with Crippen LogP contribution in [0.25, 0.3) is 0 Å². The van der Waals surface area contributed by atoms with Gasteiger partial charge in [0, 0.05) is 6.54 Å². The molecule has 0 amide bonds. The van der Waals surface area contributed by atoms with Gasteiger partial charge in [-0.15, -0.1) is 0 Å². The van der Waals surface area contributed by atoms with Crippen molar-refractivity contribution in [3.8, 4) is 17.2 Å². The summed E-state index contributed by atoms with van der Waals surface area (Å²) in [4.78, 5) is 0. The van der Waals surface area contributed by atoms with Gasteiger partial charge in [-0.3, -0.25) is 5.32 Å². The van der Waals surface area contributed by atoms with Crippen molar-refractivity contribution in [1.29, 1.82) is 0 Å². The minimum absolute atomic E-state index is 0.0721. The normalized spacial score (nSPS) is 22.6. The first kappa shape index (κ1) is 9.80. The molecular weight excluding hydrogens is 209 g/mol. The lowest BCUT2D eigenvalue weighted by molar-refractivity contribution is 0.144. The van der Waals surface area contributed by atoms with Crippen LogP contribution in [0.2, 0.25) is 0 Å². The number of fused-ring (bicyclic) bond motifs is 1. The number of rotatable bonds is 2. The van der Waals surface area contributed by atoms with Gasteiger partial charge in [0.15, 0.2) is 11.5 Å². The predicted molar refractivity (Wildman–Crippen MR) is 57.7 cm³/mol. The Morgan fingerprint density at radius 1 is 1.44 bits per heavy atom. The maximum Gasteiger partial charge on any atom is 0.627 e. The van der Waals surface area contributed by atoms with Gasteiger partial charge in [-0.25, -0.2) is 0 Å². The van der Waals surface area contributed by atoms with E-state index in [-0.39, 0.29) is 13.1 Å². The largest absolute Gasteiger partial charge is 0.627 e. The van der Waals surface area contributed by atoms with E-state index >= 15 is 0 Å². The van der Waals surface area contributed by atoms with Crippen LogP contribution in [-0.2, 0) is 4.74 Å². The number of hydrogen-bond donors (Lipinski definition) is 1. The predicted octanol–water partition coefficient (Wildman–Crippen LogP) is 0.440. The molecule has 1 N–H and O–H groups in total. The Hall–Kier alpha value is -1.40. The molecule has 2 heterocycles. The average Bonchev–Trinajstić information content (AvgIpc) is 2.96. The Balaban J connectivity index is 1.82. The van der Waals surface area contributed by atoms with Crippen molar-refractivity contribution in [1.82, 2.24) is 5.32 Å². The summed E-state index contributed by atoms with van der Waals surface area (Å²) >= 11 is 0. The summed E-state index contributed by atoms with van der Waals surface area (Å²) in [6.45, 7) is 1.28. The van der Waals surface area contributed by atoms with Gasteiger partial charge in [-0.1, -0.05) is 6.07 Å². The first-order valence-electron chi connectivity index (χ1n) is 5.21. The SMILES string of the molecule is COc1cccc2c1OB(C1CNCO1)O2. The van der Waals surface area contributed by atoms with Gasteiger partial charge in [0.2, 0.25) is 0 Å². The highest BCUT2D eigenvalue weighted by atomic mass is 16.7. The summed E-state index contributed by atoms with van der Waals surface area (Å²) in [7, 11) is 1.22. The number of nitrogens with one attached hydrogen (secondary N) is 1. The molecule has 0 aromatic heterocycles. The molecule has 0 aliphatic carbocycles. The lowest BCUT2D eigenvalue weighted by atomic mass is 9.81. The fourth-order valence-electron chi connectivity index (χ4n) is 1.88. The van der Waals surface area contributed by atoms with E-state index in [1.807, 2.05) is 18.2 Å². The monoisotopic (exact) mass is 221 g/mol. The standard InChI is InChI=1S/C10H12BNO4/c1-13-7-3-2-4-8-10(7)16-11(15-8)9-5-12-6-14-9/h2-4,9,12H,5-6H2,1H3. The lowest BCUT2D eigenvalue weighted by Gasteiger charge is -2.10. The Labute approximate surface area is 93.8 Å². The second-order valence-electron chi connectivity index (χ2n) is 3.70. The molecule has 3 rings (SSSR count). The Bertz CT molecular complexity index is 394. The minimum atomic E-state index is -0.388. The number of methoxy groups -OCH3 is 1. The summed E-state index contributed by atoms with van der Waals surface area (Å²) in [6, 6.07) is 5.51. The molecule has 2 aliphatic heterocycles. The molecule has 84 valence electrons. The van der Waals surface area contributed by atoms with Gasteiger partial charge in [-0.2, -0.15) is 0 Å². The maximum absolute atomic E-state index is 5.70.